The van der Waals surface area contributed by atoms with E-state index in [1.165, 1.54) is 30.5 Å². The van der Waals surface area contributed by atoms with E-state index >= 15 is 0 Å². The molecule has 1 aromatic carbocycles. The molecule has 104 valence electrons. The first-order chi connectivity index (χ1) is 9.49. The first-order valence-corrected chi connectivity index (χ1v) is 5.73. The topological polar surface area (TPSA) is 103 Å². The van der Waals surface area contributed by atoms with Gasteiger partial charge in [-0.1, -0.05) is 11.6 Å². The molecule has 1 heterocycles. The molecule has 0 radical (unpaired) electrons. The number of rotatable bonds is 5. The van der Waals surface area contributed by atoms with Gasteiger partial charge in [-0.3, -0.25) is 10.1 Å². The van der Waals surface area contributed by atoms with Crippen LogP contribution in [0.3, 0.4) is 0 Å². The van der Waals surface area contributed by atoms with Crippen LogP contribution in [0.15, 0.2) is 34.9 Å². The fraction of sp³-hybridized carbons (Fsp3) is 0.0833. The van der Waals surface area contributed by atoms with Crippen LogP contribution in [0.1, 0.15) is 16.1 Å². The van der Waals surface area contributed by atoms with E-state index in [1.807, 2.05) is 0 Å². The molecule has 0 atom stereocenters. The minimum absolute atomic E-state index is 0.0600. The predicted molar refractivity (Wildman–Crippen MR) is 68.1 cm³/mol. The van der Waals surface area contributed by atoms with E-state index < -0.39 is 10.9 Å². The molecule has 0 aliphatic rings. The van der Waals surface area contributed by atoms with E-state index in [2.05, 4.69) is 0 Å². The third-order valence-corrected chi connectivity index (χ3v) is 2.69. The maximum Gasteiger partial charge on any atom is 0.339 e. The molecule has 0 saturated carbocycles. The van der Waals surface area contributed by atoms with Gasteiger partial charge < -0.3 is 14.3 Å². The lowest BCUT2D eigenvalue weighted by Gasteiger charge is -2.06. The SMILES string of the molecule is O=C(O)c1ccoc1COc1cc(Cl)ccc1[N+](=O)[O-]. The smallest absolute Gasteiger partial charge is 0.339 e. The van der Waals surface area contributed by atoms with Gasteiger partial charge in [0, 0.05) is 17.2 Å². The quantitative estimate of drug-likeness (QED) is 0.672. The van der Waals surface area contributed by atoms with Crippen LogP contribution in [0.2, 0.25) is 5.02 Å². The van der Waals surface area contributed by atoms with Gasteiger partial charge in [0.1, 0.15) is 12.2 Å². The number of halogens is 1. The van der Waals surface area contributed by atoms with Gasteiger partial charge in [0.25, 0.3) is 0 Å². The highest BCUT2D eigenvalue weighted by molar-refractivity contribution is 6.30. The van der Waals surface area contributed by atoms with Gasteiger partial charge in [-0.2, -0.15) is 0 Å². The van der Waals surface area contributed by atoms with E-state index in [4.69, 9.17) is 25.9 Å². The second-order valence-corrected chi connectivity index (χ2v) is 4.16. The number of nitro groups is 1. The highest BCUT2D eigenvalue weighted by Gasteiger charge is 2.18. The van der Waals surface area contributed by atoms with Crippen molar-refractivity contribution in [2.75, 3.05) is 0 Å². The van der Waals surface area contributed by atoms with Crippen LogP contribution in [-0.2, 0) is 6.61 Å². The molecular formula is C12H8ClNO6. The summed E-state index contributed by atoms with van der Waals surface area (Å²) in [6.45, 7) is -0.254. The molecule has 2 rings (SSSR count). The standard InChI is InChI=1S/C12H8ClNO6/c13-7-1-2-9(14(17)18)10(5-7)20-6-11-8(12(15)16)3-4-19-11/h1-5H,6H2,(H,15,16). The largest absolute Gasteiger partial charge is 0.479 e. The van der Waals surface area contributed by atoms with Gasteiger partial charge in [0.2, 0.25) is 0 Å². The lowest BCUT2D eigenvalue weighted by molar-refractivity contribution is -0.386. The maximum atomic E-state index is 10.9. The second kappa shape index (κ2) is 5.62. The summed E-state index contributed by atoms with van der Waals surface area (Å²) in [6, 6.07) is 5.12. The van der Waals surface area contributed by atoms with Crippen molar-refractivity contribution in [3.63, 3.8) is 0 Å². The zero-order valence-corrected chi connectivity index (χ0v) is 10.7. The number of carboxylic acids is 1. The molecule has 0 saturated heterocycles. The lowest BCUT2D eigenvalue weighted by Crippen LogP contribution is -2.03. The van der Waals surface area contributed by atoms with Crippen molar-refractivity contribution in [3.8, 4) is 5.75 Å². The average Bonchev–Trinajstić information content (AvgIpc) is 2.84. The molecule has 0 aliphatic carbocycles. The summed E-state index contributed by atoms with van der Waals surface area (Å²) in [7, 11) is 0. The number of nitro benzene ring substituents is 1. The summed E-state index contributed by atoms with van der Waals surface area (Å²) < 4.78 is 10.2. The average molecular weight is 298 g/mol. The Morgan fingerprint density at radius 2 is 2.20 bits per heavy atom. The molecule has 7 nitrogen and oxygen atoms in total. The van der Waals surface area contributed by atoms with Gasteiger partial charge in [-0.15, -0.1) is 0 Å². The Kier molecular flexibility index (Phi) is 3.90. The predicted octanol–water partition coefficient (Wildman–Crippen LogP) is 3.12. The third-order valence-electron chi connectivity index (χ3n) is 2.45. The summed E-state index contributed by atoms with van der Waals surface area (Å²) in [4.78, 5) is 21.1. The molecule has 0 spiro atoms. The number of nitrogens with zero attached hydrogens (tertiary/aromatic N) is 1. The zero-order valence-electron chi connectivity index (χ0n) is 9.91. The minimum atomic E-state index is -1.17. The van der Waals surface area contributed by atoms with Crippen LogP contribution >= 0.6 is 11.6 Å². The number of carboxylic acid groups (broad SMARTS) is 1. The Labute approximate surface area is 117 Å². The molecule has 1 N–H and O–H groups in total. The van der Waals surface area contributed by atoms with Crippen LogP contribution in [0.5, 0.6) is 5.75 Å². The van der Waals surface area contributed by atoms with Gasteiger partial charge in [-0.25, -0.2) is 4.79 Å². The summed E-state index contributed by atoms with van der Waals surface area (Å²) in [6.07, 6.45) is 1.20. The summed E-state index contributed by atoms with van der Waals surface area (Å²) >= 11 is 5.74. The van der Waals surface area contributed by atoms with Crippen molar-refractivity contribution in [1.29, 1.82) is 0 Å². The molecule has 2 aromatic rings. The van der Waals surface area contributed by atoms with E-state index in [9.17, 15) is 14.9 Å². The van der Waals surface area contributed by atoms with E-state index in [1.54, 1.807) is 0 Å². The van der Waals surface area contributed by atoms with Crippen molar-refractivity contribution >= 4 is 23.3 Å². The third kappa shape index (κ3) is 2.89. The Balaban J connectivity index is 2.22. The second-order valence-electron chi connectivity index (χ2n) is 3.72. The summed E-state index contributed by atoms with van der Waals surface area (Å²) in [5.41, 5.74) is -0.326. The Hall–Kier alpha value is -2.54. The number of hydrogen-bond donors (Lipinski definition) is 1. The highest BCUT2D eigenvalue weighted by atomic mass is 35.5. The molecule has 0 amide bonds. The number of furan rings is 1. The number of hydrogen-bond acceptors (Lipinski definition) is 5. The summed E-state index contributed by atoms with van der Waals surface area (Å²) in [5.74, 6) is -1.17. The fourth-order valence-corrected chi connectivity index (χ4v) is 1.70. The molecule has 0 unspecified atom stereocenters. The first kappa shape index (κ1) is 13.9. The molecule has 1 aromatic heterocycles. The van der Waals surface area contributed by atoms with E-state index in [-0.39, 0.29) is 34.4 Å². The van der Waals surface area contributed by atoms with Gasteiger partial charge >= 0.3 is 11.7 Å². The number of aromatic carboxylic acids is 1. The Morgan fingerprint density at radius 3 is 2.85 bits per heavy atom. The van der Waals surface area contributed by atoms with Gasteiger partial charge in [0.15, 0.2) is 11.5 Å². The molecule has 0 bridgehead atoms. The normalized spacial score (nSPS) is 10.2. The van der Waals surface area contributed by atoms with Crippen molar-refractivity contribution in [2.45, 2.75) is 6.61 Å². The van der Waals surface area contributed by atoms with Crippen molar-refractivity contribution < 1.29 is 24.0 Å². The van der Waals surface area contributed by atoms with Crippen molar-refractivity contribution in [3.05, 3.63) is 57.0 Å². The number of carbonyl (C=O) groups is 1. The van der Waals surface area contributed by atoms with E-state index in [0.29, 0.717) is 0 Å². The molecule has 0 fully saturated rings. The van der Waals surface area contributed by atoms with Crippen LogP contribution in [-0.4, -0.2) is 16.0 Å². The zero-order chi connectivity index (χ0) is 14.7. The molecule has 8 heteroatoms. The first-order valence-electron chi connectivity index (χ1n) is 5.35. The number of benzene rings is 1. The number of ether oxygens (including phenoxy) is 1. The minimum Gasteiger partial charge on any atom is -0.479 e. The molecule has 20 heavy (non-hydrogen) atoms. The van der Waals surface area contributed by atoms with Crippen LogP contribution in [0, 0.1) is 10.1 Å². The monoisotopic (exact) mass is 297 g/mol. The van der Waals surface area contributed by atoms with Crippen LogP contribution in [0.4, 0.5) is 5.69 Å². The fourth-order valence-electron chi connectivity index (χ4n) is 1.54. The van der Waals surface area contributed by atoms with Crippen molar-refractivity contribution in [1.82, 2.24) is 0 Å². The summed E-state index contributed by atoms with van der Waals surface area (Å²) in [5, 5.41) is 20.0. The van der Waals surface area contributed by atoms with Crippen molar-refractivity contribution in [2.24, 2.45) is 0 Å². The Morgan fingerprint density at radius 1 is 1.45 bits per heavy atom. The maximum absolute atomic E-state index is 10.9. The van der Waals surface area contributed by atoms with Gasteiger partial charge in [-0.05, 0) is 12.1 Å². The lowest BCUT2D eigenvalue weighted by atomic mass is 10.2. The highest BCUT2D eigenvalue weighted by Crippen LogP contribution is 2.30. The molecular weight excluding hydrogens is 290 g/mol. The molecule has 0 aliphatic heterocycles. The van der Waals surface area contributed by atoms with Crippen LogP contribution < -0.4 is 4.74 Å². The van der Waals surface area contributed by atoms with Crippen LogP contribution in [0.25, 0.3) is 0 Å². The van der Waals surface area contributed by atoms with Gasteiger partial charge in [0.05, 0.1) is 11.2 Å². The Bertz CT molecular complexity index is 666. The van der Waals surface area contributed by atoms with E-state index in [0.717, 1.165) is 0 Å².